The number of para-hydroxylation sites is 1. The van der Waals surface area contributed by atoms with Crippen molar-refractivity contribution in [2.45, 2.75) is 26.8 Å². The number of carbonyl (C=O) groups is 2. The molecule has 1 aliphatic heterocycles. The molecule has 0 saturated carbocycles. The molecule has 0 bridgehead atoms. The van der Waals surface area contributed by atoms with Crippen molar-refractivity contribution in [2.75, 3.05) is 26.1 Å². The van der Waals surface area contributed by atoms with Gasteiger partial charge in [-0.3, -0.25) is 9.59 Å². The van der Waals surface area contributed by atoms with E-state index in [0.717, 1.165) is 22.3 Å². The summed E-state index contributed by atoms with van der Waals surface area (Å²) < 4.78 is 10.7. The maximum absolute atomic E-state index is 12.7. The number of rotatable bonds is 3. The SMILES string of the molecule is COc1cc2c(cc1OC)CN(C(=O)C(=O)Nc1c(C)cccc1C)CC2. The van der Waals surface area contributed by atoms with Gasteiger partial charge in [-0.05, 0) is 54.7 Å². The normalized spacial score (nSPS) is 13.0. The molecular weight excluding hydrogens is 344 g/mol. The zero-order valence-corrected chi connectivity index (χ0v) is 16.1. The Morgan fingerprint density at radius 3 is 2.19 bits per heavy atom. The third kappa shape index (κ3) is 3.74. The highest BCUT2D eigenvalue weighted by Gasteiger charge is 2.27. The Hall–Kier alpha value is -3.02. The molecule has 0 saturated heterocycles. The van der Waals surface area contributed by atoms with E-state index in [-0.39, 0.29) is 0 Å². The lowest BCUT2D eigenvalue weighted by Gasteiger charge is -2.29. The van der Waals surface area contributed by atoms with Crippen LogP contribution in [0.25, 0.3) is 0 Å². The molecule has 0 aromatic heterocycles. The molecule has 142 valence electrons. The molecule has 6 nitrogen and oxygen atoms in total. The van der Waals surface area contributed by atoms with E-state index in [1.807, 2.05) is 44.2 Å². The molecule has 1 heterocycles. The third-order valence-electron chi connectivity index (χ3n) is 4.92. The molecule has 1 aliphatic rings. The maximum Gasteiger partial charge on any atom is 0.313 e. The number of nitrogens with one attached hydrogen (secondary N) is 1. The summed E-state index contributed by atoms with van der Waals surface area (Å²) in [5, 5.41) is 2.77. The van der Waals surface area contributed by atoms with Crippen molar-refractivity contribution in [2.24, 2.45) is 0 Å². The molecule has 27 heavy (non-hydrogen) atoms. The van der Waals surface area contributed by atoms with Crippen LogP contribution in [0.3, 0.4) is 0 Å². The van der Waals surface area contributed by atoms with Crippen molar-refractivity contribution in [3.8, 4) is 11.5 Å². The van der Waals surface area contributed by atoms with Crippen molar-refractivity contribution in [3.05, 3.63) is 52.6 Å². The van der Waals surface area contributed by atoms with Gasteiger partial charge in [0.05, 0.1) is 14.2 Å². The number of nitrogens with zero attached hydrogens (tertiary/aromatic N) is 1. The van der Waals surface area contributed by atoms with Crippen molar-refractivity contribution in [1.29, 1.82) is 0 Å². The smallest absolute Gasteiger partial charge is 0.313 e. The molecule has 2 aromatic rings. The molecule has 1 N–H and O–H groups in total. The molecule has 0 unspecified atom stereocenters. The molecule has 2 aromatic carbocycles. The average molecular weight is 368 g/mol. The highest BCUT2D eigenvalue weighted by atomic mass is 16.5. The first kappa shape index (κ1) is 18.8. The van der Waals surface area contributed by atoms with Crippen LogP contribution in [-0.2, 0) is 22.6 Å². The van der Waals surface area contributed by atoms with E-state index in [0.29, 0.717) is 36.7 Å². The Balaban J connectivity index is 1.76. The van der Waals surface area contributed by atoms with E-state index in [4.69, 9.17) is 9.47 Å². The zero-order valence-electron chi connectivity index (χ0n) is 16.1. The van der Waals surface area contributed by atoms with Gasteiger partial charge >= 0.3 is 11.8 Å². The van der Waals surface area contributed by atoms with E-state index in [2.05, 4.69) is 5.32 Å². The fourth-order valence-electron chi connectivity index (χ4n) is 3.38. The summed E-state index contributed by atoms with van der Waals surface area (Å²) in [6, 6.07) is 9.54. The number of amides is 2. The second-order valence-corrected chi connectivity index (χ2v) is 6.67. The highest BCUT2D eigenvalue weighted by Crippen LogP contribution is 2.33. The van der Waals surface area contributed by atoms with Gasteiger partial charge < -0.3 is 19.7 Å². The summed E-state index contributed by atoms with van der Waals surface area (Å²) >= 11 is 0. The van der Waals surface area contributed by atoms with Gasteiger partial charge in [-0.15, -0.1) is 0 Å². The van der Waals surface area contributed by atoms with Crippen LogP contribution < -0.4 is 14.8 Å². The molecule has 0 spiro atoms. The molecule has 0 fully saturated rings. The van der Waals surface area contributed by atoms with Gasteiger partial charge in [-0.2, -0.15) is 0 Å². The monoisotopic (exact) mass is 368 g/mol. The van der Waals surface area contributed by atoms with E-state index in [1.165, 1.54) is 0 Å². The summed E-state index contributed by atoms with van der Waals surface area (Å²) in [6.45, 7) is 4.67. The first-order valence-corrected chi connectivity index (χ1v) is 8.84. The fraction of sp³-hybridized carbons (Fsp3) is 0.333. The van der Waals surface area contributed by atoms with Gasteiger partial charge in [0, 0.05) is 18.8 Å². The van der Waals surface area contributed by atoms with Gasteiger partial charge in [0.15, 0.2) is 11.5 Å². The number of fused-ring (bicyclic) bond motifs is 1. The van der Waals surface area contributed by atoms with Gasteiger partial charge in [-0.1, -0.05) is 18.2 Å². The average Bonchev–Trinajstić information content (AvgIpc) is 2.68. The first-order chi connectivity index (χ1) is 12.9. The van der Waals surface area contributed by atoms with Crippen LogP contribution in [0.1, 0.15) is 22.3 Å². The summed E-state index contributed by atoms with van der Waals surface area (Å²) in [5.74, 6) is 0.142. The number of hydrogen-bond donors (Lipinski definition) is 1. The number of carbonyl (C=O) groups excluding carboxylic acids is 2. The highest BCUT2D eigenvalue weighted by molar-refractivity contribution is 6.39. The standard InChI is InChI=1S/C21H24N2O4/c1-13-6-5-7-14(2)19(13)22-20(24)21(25)23-9-8-15-10-17(26-3)18(27-4)11-16(15)12-23/h5-7,10-11H,8-9,12H2,1-4H3,(H,22,24). The Morgan fingerprint density at radius 2 is 1.59 bits per heavy atom. The molecule has 0 aliphatic carbocycles. The zero-order chi connectivity index (χ0) is 19.6. The van der Waals surface area contributed by atoms with Gasteiger partial charge in [0.1, 0.15) is 0 Å². The van der Waals surface area contributed by atoms with Crippen LogP contribution in [0, 0.1) is 13.8 Å². The molecule has 0 atom stereocenters. The number of anilines is 1. The number of hydrogen-bond acceptors (Lipinski definition) is 4. The van der Waals surface area contributed by atoms with E-state index >= 15 is 0 Å². The summed E-state index contributed by atoms with van der Waals surface area (Å²) in [6.07, 6.45) is 0.665. The topological polar surface area (TPSA) is 67.9 Å². The minimum Gasteiger partial charge on any atom is -0.493 e. The van der Waals surface area contributed by atoms with Crippen LogP contribution in [0.2, 0.25) is 0 Å². The van der Waals surface area contributed by atoms with E-state index in [1.54, 1.807) is 19.1 Å². The fourth-order valence-corrected chi connectivity index (χ4v) is 3.38. The Labute approximate surface area is 159 Å². The van der Waals surface area contributed by atoms with Crippen molar-refractivity contribution in [1.82, 2.24) is 4.90 Å². The number of benzene rings is 2. The van der Waals surface area contributed by atoms with Gasteiger partial charge in [0.25, 0.3) is 0 Å². The van der Waals surface area contributed by atoms with Gasteiger partial charge in [-0.25, -0.2) is 0 Å². The lowest BCUT2D eigenvalue weighted by molar-refractivity contribution is -0.143. The lowest BCUT2D eigenvalue weighted by atomic mass is 9.98. The van der Waals surface area contributed by atoms with E-state index < -0.39 is 11.8 Å². The van der Waals surface area contributed by atoms with Crippen LogP contribution in [0.4, 0.5) is 5.69 Å². The van der Waals surface area contributed by atoms with Crippen LogP contribution in [-0.4, -0.2) is 37.5 Å². The molecule has 3 rings (SSSR count). The minimum atomic E-state index is -0.615. The van der Waals surface area contributed by atoms with Crippen LogP contribution in [0.5, 0.6) is 11.5 Å². The second-order valence-electron chi connectivity index (χ2n) is 6.67. The van der Waals surface area contributed by atoms with E-state index in [9.17, 15) is 9.59 Å². The molecule has 2 amide bonds. The lowest BCUT2D eigenvalue weighted by Crippen LogP contribution is -2.42. The van der Waals surface area contributed by atoms with Crippen LogP contribution >= 0.6 is 0 Å². The second kappa shape index (κ2) is 7.70. The largest absolute Gasteiger partial charge is 0.493 e. The van der Waals surface area contributed by atoms with Crippen molar-refractivity contribution >= 4 is 17.5 Å². The van der Waals surface area contributed by atoms with Gasteiger partial charge in [0.2, 0.25) is 0 Å². The predicted molar refractivity (Wildman–Crippen MR) is 103 cm³/mol. The predicted octanol–water partition coefficient (Wildman–Crippen LogP) is 2.84. The summed E-state index contributed by atoms with van der Waals surface area (Å²) in [4.78, 5) is 26.7. The minimum absolute atomic E-state index is 0.370. The maximum atomic E-state index is 12.7. The Morgan fingerprint density at radius 1 is 1.00 bits per heavy atom. The molecule has 6 heteroatoms. The number of aryl methyl sites for hydroxylation is 2. The molecular formula is C21H24N2O4. The number of ether oxygens (including phenoxy) is 2. The van der Waals surface area contributed by atoms with Crippen LogP contribution in [0.15, 0.2) is 30.3 Å². The third-order valence-corrected chi connectivity index (χ3v) is 4.92. The Kier molecular flexibility index (Phi) is 5.35. The summed E-state index contributed by atoms with van der Waals surface area (Å²) in [5.41, 5.74) is 4.62. The summed E-state index contributed by atoms with van der Waals surface area (Å²) in [7, 11) is 3.18. The number of methoxy groups -OCH3 is 2. The van der Waals surface area contributed by atoms with Crippen molar-refractivity contribution in [3.63, 3.8) is 0 Å². The quantitative estimate of drug-likeness (QED) is 0.846. The Bertz CT molecular complexity index is 872. The van der Waals surface area contributed by atoms with Crippen molar-refractivity contribution < 1.29 is 19.1 Å². The first-order valence-electron chi connectivity index (χ1n) is 8.84. The molecule has 0 radical (unpaired) electrons.